The molecule has 106 valence electrons. The summed E-state index contributed by atoms with van der Waals surface area (Å²) < 4.78 is 27.7. The summed E-state index contributed by atoms with van der Waals surface area (Å²) in [6, 6.07) is 8.76. The van der Waals surface area contributed by atoms with Crippen LogP contribution in [-0.4, -0.2) is 15.0 Å². The number of rotatable bonds is 3. The van der Waals surface area contributed by atoms with E-state index in [-0.39, 0.29) is 4.21 Å². The smallest absolute Gasteiger partial charge is 0.271 e. The SMILES string of the molecule is O=S(=O)(Nc1ccc2c(c1)CNCC2)c1ccc(Cl)s1. The number of hydrogen-bond acceptors (Lipinski definition) is 4. The van der Waals surface area contributed by atoms with Gasteiger partial charge in [0, 0.05) is 12.2 Å². The summed E-state index contributed by atoms with van der Waals surface area (Å²) in [7, 11) is -3.56. The minimum atomic E-state index is -3.56. The van der Waals surface area contributed by atoms with Crippen LogP contribution >= 0.6 is 22.9 Å². The van der Waals surface area contributed by atoms with Gasteiger partial charge in [0.2, 0.25) is 0 Å². The Morgan fingerprint density at radius 3 is 2.80 bits per heavy atom. The van der Waals surface area contributed by atoms with E-state index in [4.69, 9.17) is 11.6 Å². The molecule has 2 heterocycles. The molecule has 0 atom stereocenters. The average Bonchev–Trinajstić information content (AvgIpc) is 2.86. The quantitative estimate of drug-likeness (QED) is 0.911. The second-order valence-corrected chi connectivity index (χ2v) is 8.20. The molecule has 1 aliphatic heterocycles. The van der Waals surface area contributed by atoms with Crippen molar-refractivity contribution in [2.45, 2.75) is 17.2 Å². The molecule has 0 spiro atoms. The first-order valence-electron chi connectivity index (χ1n) is 6.15. The third-order valence-corrected chi connectivity index (χ3v) is 6.26. The summed E-state index contributed by atoms with van der Waals surface area (Å²) in [6.45, 7) is 1.74. The lowest BCUT2D eigenvalue weighted by molar-refractivity contribution is 0.603. The molecule has 7 heteroatoms. The molecule has 0 saturated heterocycles. The van der Waals surface area contributed by atoms with Crippen LogP contribution < -0.4 is 10.0 Å². The summed E-state index contributed by atoms with van der Waals surface area (Å²) in [6.07, 6.45) is 0.975. The van der Waals surface area contributed by atoms with Gasteiger partial charge in [-0.3, -0.25) is 4.72 Å². The molecule has 0 bridgehead atoms. The molecule has 0 saturated carbocycles. The third-order valence-electron chi connectivity index (χ3n) is 3.16. The zero-order chi connectivity index (χ0) is 14.2. The average molecular weight is 329 g/mol. The van der Waals surface area contributed by atoms with Crippen LogP contribution in [0.15, 0.2) is 34.5 Å². The normalized spacial score (nSPS) is 14.8. The highest BCUT2D eigenvalue weighted by atomic mass is 35.5. The van der Waals surface area contributed by atoms with Gasteiger partial charge in [0.05, 0.1) is 4.34 Å². The lowest BCUT2D eigenvalue weighted by Crippen LogP contribution is -2.23. The Bertz CT molecular complexity index is 741. The molecule has 4 nitrogen and oxygen atoms in total. The fourth-order valence-electron chi connectivity index (χ4n) is 2.19. The van der Waals surface area contributed by atoms with Crippen LogP contribution in [0.5, 0.6) is 0 Å². The predicted octanol–water partition coefficient (Wildman–Crippen LogP) is 2.85. The molecule has 2 aromatic rings. The Kier molecular flexibility index (Phi) is 3.72. The summed E-state index contributed by atoms with van der Waals surface area (Å²) in [5.74, 6) is 0. The van der Waals surface area contributed by atoms with E-state index in [0.717, 1.165) is 36.4 Å². The van der Waals surface area contributed by atoms with Crippen LogP contribution in [0.2, 0.25) is 4.34 Å². The van der Waals surface area contributed by atoms with Gasteiger partial charge in [0.1, 0.15) is 4.21 Å². The highest BCUT2D eigenvalue weighted by Crippen LogP contribution is 2.28. The predicted molar refractivity (Wildman–Crippen MR) is 82.0 cm³/mol. The van der Waals surface area contributed by atoms with Crippen LogP contribution in [0.4, 0.5) is 5.69 Å². The molecule has 0 amide bonds. The second kappa shape index (κ2) is 5.37. The third kappa shape index (κ3) is 2.83. The largest absolute Gasteiger partial charge is 0.312 e. The minimum absolute atomic E-state index is 0.221. The fourth-order valence-corrected chi connectivity index (χ4v) is 4.72. The Balaban J connectivity index is 1.87. The monoisotopic (exact) mass is 328 g/mol. The minimum Gasteiger partial charge on any atom is -0.312 e. The van der Waals surface area contributed by atoms with Crippen LogP contribution in [0.3, 0.4) is 0 Å². The number of fused-ring (bicyclic) bond motifs is 1. The van der Waals surface area contributed by atoms with Crippen molar-refractivity contribution in [2.24, 2.45) is 0 Å². The van der Waals surface area contributed by atoms with E-state index in [1.54, 1.807) is 12.1 Å². The Hall–Kier alpha value is -1.08. The van der Waals surface area contributed by atoms with Gasteiger partial charge in [0.25, 0.3) is 10.0 Å². The molecular weight excluding hydrogens is 316 g/mol. The summed E-state index contributed by atoms with van der Waals surface area (Å²) in [5, 5.41) is 3.27. The molecule has 1 aromatic carbocycles. The van der Waals surface area contributed by atoms with Crippen molar-refractivity contribution < 1.29 is 8.42 Å². The first kappa shape index (κ1) is 13.9. The van der Waals surface area contributed by atoms with Gasteiger partial charge in [-0.25, -0.2) is 8.42 Å². The molecule has 1 aromatic heterocycles. The lowest BCUT2D eigenvalue weighted by Gasteiger charge is -2.18. The van der Waals surface area contributed by atoms with E-state index in [1.807, 2.05) is 12.1 Å². The van der Waals surface area contributed by atoms with Gasteiger partial charge in [-0.2, -0.15) is 0 Å². The zero-order valence-electron chi connectivity index (χ0n) is 10.5. The molecule has 0 fully saturated rings. The first-order valence-corrected chi connectivity index (χ1v) is 8.83. The number of anilines is 1. The van der Waals surface area contributed by atoms with Crippen molar-refractivity contribution in [1.29, 1.82) is 0 Å². The van der Waals surface area contributed by atoms with Gasteiger partial charge in [-0.1, -0.05) is 17.7 Å². The fraction of sp³-hybridized carbons (Fsp3) is 0.231. The van der Waals surface area contributed by atoms with E-state index < -0.39 is 10.0 Å². The molecular formula is C13H13ClN2O2S2. The topological polar surface area (TPSA) is 58.2 Å². The standard InChI is InChI=1S/C13H13ClN2O2S2/c14-12-3-4-13(19-12)20(17,18)16-11-2-1-9-5-6-15-8-10(9)7-11/h1-4,7,15-16H,5-6,8H2. The van der Waals surface area contributed by atoms with Crippen LogP contribution in [0, 0.1) is 0 Å². The first-order chi connectivity index (χ1) is 9.54. The van der Waals surface area contributed by atoms with Crippen molar-refractivity contribution in [1.82, 2.24) is 5.32 Å². The van der Waals surface area contributed by atoms with Crippen LogP contribution in [0.1, 0.15) is 11.1 Å². The van der Waals surface area contributed by atoms with E-state index in [1.165, 1.54) is 11.6 Å². The maximum Gasteiger partial charge on any atom is 0.271 e. The van der Waals surface area contributed by atoms with Crippen molar-refractivity contribution in [3.05, 3.63) is 45.8 Å². The lowest BCUT2D eigenvalue weighted by atomic mass is 10.0. The Morgan fingerprint density at radius 1 is 1.20 bits per heavy atom. The second-order valence-electron chi connectivity index (χ2n) is 4.57. The van der Waals surface area contributed by atoms with Crippen molar-refractivity contribution in [2.75, 3.05) is 11.3 Å². The number of halogens is 1. The van der Waals surface area contributed by atoms with Crippen LogP contribution in [0.25, 0.3) is 0 Å². The number of sulfonamides is 1. The van der Waals surface area contributed by atoms with Crippen molar-refractivity contribution >= 4 is 38.6 Å². The van der Waals surface area contributed by atoms with Gasteiger partial charge in [-0.05, 0) is 48.4 Å². The molecule has 2 N–H and O–H groups in total. The highest BCUT2D eigenvalue weighted by Gasteiger charge is 2.17. The highest BCUT2D eigenvalue weighted by molar-refractivity contribution is 7.94. The molecule has 0 aliphatic carbocycles. The molecule has 1 aliphatic rings. The zero-order valence-corrected chi connectivity index (χ0v) is 12.9. The number of nitrogens with one attached hydrogen (secondary N) is 2. The summed E-state index contributed by atoms with van der Waals surface area (Å²) in [5.41, 5.74) is 2.99. The van der Waals surface area contributed by atoms with Gasteiger partial charge >= 0.3 is 0 Å². The van der Waals surface area contributed by atoms with Gasteiger partial charge in [0.15, 0.2) is 0 Å². The van der Waals surface area contributed by atoms with Crippen molar-refractivity contribution in [3.63, 3.8) is 0 Å². The van der Waals surface area contributed by atoms with Gasteiger partial charge in [-0.15, -0.1) is 11.3 Å². The Labute approximate surface area is 126 Å². The van der Waals surface area contributed by atoms with Crippen molar-refractivity contribution in [3.8, 4) is 0 Å². The van der Waals surface area contributed by atoms with Gasteiger partial charge < -0.3 is 5.32 Å². The molecule has 0 radical (unpaired) electrons. The Morgan fingerprint density at radius 2 is 2.05 bits per heavy atom. The molecule has 0 unspecified atom stereocenters. The molecule has 20 heavy (non-hydrogen) atoms. The van der Waals surface area contributed by atoms with Crippen LogP contribution in [-0.2, 0) is 23.0 Å². The maximum atomic E-state index is 12.2. The number of benzene rings is 1. The van der Waals surface area contributed by atoms with E-state index in [0.29, 0.717) is 10.0 Å². The van der Waals surface area contributed by atoms with E-state index in [2.05, 4.69) is 10.0 Å². The maximum absolute atomic E-state index is 12.2. The van der Waals surface area contributed by atoms with E-state index >= 15 is 0 Å². The number of hydrogen-bond donors (Lipinski definition) is 2. The van der Waals surface area contributed by atoms with E-state index in [9.17, 15) is 8.42 Å². The number of thiophene rings is 1. The summed E-state index contributed by atoms with van der Waals surface area (Å²) in [4.78, 5) is 0. The summed E-state index contributed by atoms with van der Waals surface area (Å²) >= 11 is 6.83. The molecule has 3 rings (SSSR count).